The van der Waals surface area contributed by atoms with Crippen LogP contribution in [-0.2, 0) is 19.6 Å². The largest absolute Gasteiger partial charge is 0.369 e. The van der Waals surface area contributed by atoms with Crippen LogP contribution in [0.3, 0.4) is 0 Å². The molecule has 0 aliphatic carbocycles. The molecule has 1 saturated heterocycles. The van der Waals surface area contributed by atoms with Gasteiger partial charge in [0.1, 0.15) is 0 Å². The number of hydrogen-bond donors (Lipinski definition) is 2. The fourth-order valence-electron chi connectivity index (χ4n) is 2.14. The third kappa shape index (κ3) is 4.08. The minimum atomic E-state index is -3.79. The predicted octanol–water partition coefficient (Wildman–Crippen LogP) is 0.409. The van der Waals surface area contributed by atoms with Gasteiger partial charge < -0.3 is 11.1 Å². The fraction of sp³-hybridized carbons (Fsp3) is 0.692. The van der Waals surface area contributed by atoms with Gasteiger partial charge in [0.05, 0.1) is 0 Å². The molecule has 2 amide bonds. The number of piperidine rings is 1. The van der Waals surface area contributed by atoms with Crippen molar-refractivity contribution in [2.45, 2.75) is 38.0 Å². The van der Waals surface area contributed by atoms with E-state index < -0.39 is 21.3 Å². The van der Waals surface area contributed by atoms with Gasteiger partial charge in [-0.2, -0.15) is 4.31 Å². The molecule has 9 nitrogen and oxygen atoms in total. The number of amides is 2. The molecule has 0 spiro atoms. The third-order valence-electron chi connectivity index (χ3n) is 3.72. The van der Waals surface area contributed by atoms with E-state index in [1.807, 2.05) is 0 Å². The average molecular weight is 375 g/mol. The Bertz CT molecular complexity index is 730. The summed E-state index contributed by atoms with van der Waals surface area (Å²) in [6, 6.07) is 0. The van der Waals surface area contributed by atoms with E-state index in [0.717, 1.165) is 11.3 Å². The number of hydrogen-bond acceptors (Lipinski definition) is 7. The second-order valence-corrected chi connectivity index (χ2v) is 9.75. The van der Waals surface area contributed by atoms with Gasteiger partial charge in [0, 0.05) is 24.4 Å². The van der Waals surface area contributed by atoms with Crippen molar-refractivity contribution in [2.24, 2.45) is 17.1 Å². The van der Waals surface area contributed by atoms with Crippen LogP contribution in [0.4, 0.5) is 5.13 Å². The van der Waals surface area contributed by atoms with Crippen LogP contribution in [0.25, 0.3) is 0 Å². The number of primary amides is 1. The zero-order valence-corrected chi connectivity index (χ0v) is 15.4. The lowest BCUT2D eigenvalue weighted by molar-refractivity contribution is -0.123. The molecule has 2 rings (SSSR count). The van der Waals surface area contributed by atoms with Crippen molar-refractivity contribution >= 4 is 38.3 Å². The second kappa shape index (κ2) is 6.73. The average Bonchev–Trinajstić information content (AvgIpc) is 2.95. The van der Waals surface area contributed by atoms with Gasteiger partial charge in [-0.3, -0.25) is 9.59 Å². The van der Waals surface area contributed by atoms with Gasteiger partial charge in [0.2, 0.25) is 21.3 Å². The summed E-state index contributed by atoms with van der Waals surface area (Å²) in [6.45, 7) is 5.64. The Morgan fingerprint density at radius 3 is 2.33 bits per heavy atom. The second-order valence-electron chi connectivity index (χ2n) is 6.66. The zero-order valence-electron chi connectivity index (χ0n) is 13.8. The van der Waals surface area contributed by atoms with Crippen molar-refractivity contribution in [3.8, 4) is 0 Å². The van der Waals surface area contributed by atoms with Crippen LogP contribution in [-0.4, -0.2) is 47.8 Å². The third-order valence-corrected chi connectivity index (χ3v) is 6.81. The van der Waals surface area contributed by atoms with Crippen molar-refractivity contribution in [1.29, 1.82) is 0 Å². The lowest BCUT2D eigenvalue weighted by Crippen LogP contribution is -2.41. The molecule has 11 heteroatoms. The number of anilines is 1. The Morgan fingerprint density at radius 1 is 1.25 bits per heavy atom. The molecule has 1 fully saturated rings. The summed E-state index contributed by atoms with van der Waals surface area (Å²) in [6.07, 6.45) is 0.780. The maximum Gasteiger partial charge on any atom is 0.272 e. The van der Waals surface area contributed by atoms with E-state index in [1.54, 1.807) is 20.8 Å². The van der Waals surface area contributed by atoms with Crippen molar-refractivity contribution in [3.05, 3.63) is 0 Å². The summed E-state index contributed by atoms with van der Waals surface area (Å²) in [7, 11) is -3.79. The van der Waals surface area contributed by atoms with Gasteiger partial charge in [0.15, 0.2) is 0 Å². The summed E-state index contributed by atoms with van der Waals surface area (Å²) in [4.78, 5) is 23.1. The van der Waals surface area contributed by atoms with Gasteiger partial charge in [0.25, 0.3) is 10.0 Å². The Morgan fingerprint density at radius 2 is 1.83 bits per heavy atom. The summed E-state index contributed by atoms with van der Waals surface area (Å²) >= 11 is 0.810. The van der Waals surface area contributed by atoms with E-state index in [0.29, 0.717) is 12.8 Å². The van der Waals surface area contributed by atoms with Crippen molar-refractivity contribution in [1.82, 2.24) is 14.5 Å². The smallest absolute Gasteiger partial charge is 0.272 e. The predicted molar refractivity (Wildman–Crippen MR) is 88.7 cm³/mol. The number of aromatic nitrogens is 2. The minimum absolute atomic E-state index is 0.139. The van der Waals surface area contributed by atoms with Crippen LogP contribution in [0.2, 0.25) is 0 Å². The van der Waals surface area contributed by atoms with Crippen molar-refractivity contribution in [3.63, 3.8) is 0 Å². The first kappa shape index (κ1) is 18.7. The monoisotopic (exact) mass is 375 g/mol. The topological polar surface area (TPSA) is 135 Å². The number of nitrogens with zero attached hydrogens (tertiary/aromatic N) is 3. The highest BCUT2D eigenvalue weighted by atomic mass is 32.2. The van der Waals surface area contributed by atoms with E-state index in [9.17, 15) is 18.0 Å². The van der Waals surface area contributed by atoms with E-state index in [4.69, 9.17) is 5.73 Å². The number of nitrogens with two attached hydrogens (primary N) is 1. The van der Waals surface area contributed by atoms with Crippen molar-refractivity contribution < 1.29 is 18.0 Å². The van der Waals surface area contributed by atoms with Gasteiger partial charge >= 0.3 is 0 Å². The summed E-state index contributed by atoms with van der Waals surface area (Å²) in [5.41, 5.74) is 4.63. The molecular weight excluding hydrogens is 354 g/mol. The maximum atomic E-state index is 12.6. The molecule has 0 unspecified atom stereocenters. The van der Waals surface area contributed by atoms with Crippen LogP contribution in [0.1, 0.15) is 33.6 Å². The van der Waals surface area contributed by atoms with Gasteiger partial charge in [-0.15, -0.1) is 10.2 Å². The number of carbonyl (C=O) groups excluding carboxylic acids is 2. The Kier molecular flexibility index (Phi) is 5.25. The molecule has 1 aliphatic rings. The molecule has 2 heterocycles. The molecule has 1 aromatic rings. The molecule has 1 aliphatic heterocycles. The molecule has 24 heavy (non-hydrogen) atoms. The van der Waals surface area contributed by atoms with Gasteiger partial charge in [-0.25, -0.2) is 8.42 Å². The summed E-state index contributed by atoms with van der Waals surface area (Å²) in [5, 5.41) is 10.1. The normalized spacial score (nSPS) is 17.6. The number of rotatable bonds is 4. The molecule has 1 aromatic heterocycles. The molecular formula is C13H21N5O4S2. The first-order chi connectivity index (χ1) is 11.0. The van der Waals surface area contributed by atoms with Gasteiger partial charge in [-0.1, -0.05) is 32.1 Å². The first-order valence-electron chi connectivity index (χ1n) is 7.46. The Balaban J connectivity index is 2.09. The molecule has 0 bridgehead atoms. The van der Waals surface area contributed by atoms with Crippen molar-refractivity contribution in [2.75, 3.05) is 18.4 Å². The molecule has 0 aromatic carbocycles. The standard InChI is InChI=1S/C13H21N5O4S2/c1-13(2,3)10(20)15-11-16-17-12(23-11)24(21,22)18-6-4-8(5-7-18)9(14)19/h8H,4-7H2,1-3H3,(H2,14,19)(H,15,16,20). The Hall–Kier alpha value is -1.59. The minimum Gasteiger partial charge on any atom is -0.369 e. The number of nitrogens with one attached hydrogen (secondary N) is 1. The number of sulfonamides is 1. The maximum absolute atomic E-state index is 12.6. The SMILES string of the molecule is CC(C)(C)C(=O)Nc1nnc(S(=O)(=O)N2CCC(C(N)=O)CC2)s1. The fourth-order valence-corrected chi connectivity index (χ4v) is 4.64. The van der Waals surface area contributed by atoms with Crippen LogP contribution in [0.15, 0.2) is 4.34 Å². The quantitative estimate of drug-likeness (QED) is 0.732. The van der Waals surface area contributed by atoms with Crippen LogP contribution in [0, 0.1) is 11.3 Å². The Labute approximate surface area is 144 Å². The van der Waals surface area contributed by atoms with E-state index in [2.05, 4.69) is 15.5 Å². The van der Waals surface area contributed by atoms with Gasteiger partial charge in [-0.05, 0) is 12.8 Å². The van der Waals surface area contributed by atoms with E-state index in [-0.39, 0.29) is 34.4 Å². The highest BCUT2D eigenvalue weighted by Gasteiger charge is 2.34. The first-order valence-corrected chi connectivity index (χ1v) is 9.72. The molecule has 0 radical (unpaired) electrons. The van der Waals surface area contributed by atoms with Crippen LogP contribution >= 0.6 is 11.3 Å². The lowest BCUT2D eigenvalue weighted by atomic mass is 9.96. The molecule has 134 valence electrons. The van der Waals surface area contributed by atoms with Crippen LogP contribution < -0.4 is 11.1 Å². The summed E-state index contributed by atoms with van der Waals surface area (Å²) in [5.74, 6) is -0.979. The summed E-state index contributed by atoms with van der Waals surface area (Å²) < 4.78 is 26.2. The lowest BCUT2D eigenvalue weighted by Gasteiger charge is -2.28. The molecule has 0 atom stereocenters. The molecule has 3 N–H and O–H groups in total. The zero-order chi connectivity index (χ0) is 18.1. The number of carbonyl (C=O) groups is 2. The highest BCUT2D eigenvalue weighted by Crippen LogP contribution is 2.28. The highest BCUT2D eigenvalue weighted by molar-refractivity contribution is 7.91. The van der Waals surface area contributed by atoms with E-state index in [1.165, 1.54) is 4.31 Å². The molecule has 0 saturated carbocycles. The van der Waals surface area contributed by atoms with Crippen LogP contribution in [0.5, 0.6) is 0 Å². The van der Waals surface area contributed by atoms with E-state index >= 15 is 0 Å².